The third kappa shape index (κ3) is 3.70. The fourth-order valence-electron chi connectivity index (χ4n) is 2.50. The lowest BCUT2D eigenvalue weighted by molar-refractivity contribution is -0.117. The van der Waals surface area contributed by atoms with Gasteiger partial charge in [0.2, 0.25) is 5.91 Å². The Morgan fingerprint density at radius 3 is 2.89 bits per heavy atom. The number of rotatable bonds is 3. The Kier molecular flexibility index (Phi) is 4.43. The minimum Gasteiger partial charge on any atom is -0.508 e. The Morgan fingerprint density at radius 1 is 1.42 bits per heavy atom. The maximum Gasteiger partial charge on any atom is 0.224 e. The van der Waals surface area contributed by atoms with Gasteiger partial charge in [-0.25, -0.2) is 0 Å². The number of carbonyl (C=O) groups is 1. The molecule has 0 aromatic heterocycles. The van der Waals surface area contributed by atoms with Crippen molar-refractivity contribution in [3.8, 4) is 5.75 Å². The number of benzene rings is 1. The fraction of sp³-hybridized carbons (Fsp3) is 0.533. The number of nitrogens with one attached hydrogen (secondary N) is 2. The monoisotopic (exact) mass is 262 g/mol. The molecule has 0 saturated carbocycles. The number of piperidine rings is 1. The smallest absolute Gasteiger partial charge is 0.224 e. The predicted molar refractivity (Wildman–Crippen MR) is 76.4 cm³/mol. The van der Waals surface area contributed by atoms with Crippen molar-refractivity contribution in [2.24, 2.45) is 5.92 Å². The summed E-state index contributed by atoms with van der Waals surface area (Å²) in [5.74, 6) is 0.765. The average molecular weight is 262 g/mol. The zero-order valence-electron chi connectivity index (χ0n) is 11.6. The lowest BCUT2D eigenvalue weighted by Crippen LogP contribution is -2.32. The van der Waals surface area contributed by atoms with Crippen molar-refractivity contribution < 1.29 is 9.90 Å². The highest BCUT2D eigenvalue weighted by Crippen LogP contribution is 2.25. The standard InChI is InChI=1S/C15H22N2O2/c1-10-7-14(18)11(2)6-13(10)17-15(19)8-12-4-3-5-16-9-12/h6-7,12,16,18H,3-5,8-9H2,1-2H3,(H,17,19). The van der Waals surface area contributed by atoms with Gasteiger partial charge in [-0.05, 0) is 69.0 Å². The third-order valence-electron chi connectivity index (χ3n) is 3.69. The van der Waals surface area contributed by atoms with Gasteiger partial charge < -0.3 is 15.7 Å². The van der Waals surface area contributed by atoms with Crippen molar-refractivity contribution in [3.05, 3.63) is 23.3 Å². The van der Waals surface area contributed by atoms with E-state index in [1.807, 2.05) is 19.9 Å². The fourth-order valence-corrected chi connectivity index (χ4v) is 2.50. The minimum atomic E-state index is 0.0573. The molecule has 3 N–H and O–H groups in total. The molecule has 1 aromatic rings. The van der Waals surface area contributed by atoms with E-state index in [4.69, 9.17) is 0 Å². The molecular weight excluding hydrogens is 240 g/mol. The number of hydrogen-bond donors (Lipinski definition) is 3. The SMILES string of the molecule is Cc1cc(NC(=O)CC2CCCNC2)c(C)cc1O. The van der Waals surface area contributed by atoms with Crippen molar-refractivity contribution in [2.45, 2.75) is 33.1 Å². The van der Waals surface area contributed by atoms with Crippen LogP contribution in [0.2, 0.25) is 0 Å². The van der Waals surface area contributed by atoms with Crippen molar-refractivity contribution >= 4 is 11.6 Å². The molecule has 0 aliphatic carbocycles. The highest BCUT2D eigenvalue weighted by molar-refractivity contribution is 5.91. The molecule has 1 unspecified atom stereocenters. The van der Waals surface area contributed by atoms with E-state index >= 15 is 0 Å². The molecule has 1 aliphatic rings. The van der Waals surface area contributed by atoms with Crippen LogP contribution >= 0.6 is 0 Å². The second-order valence-corrected chi connectivity index (χ2v) is 5.42. The summed E-state index contributed by atoms with van der Waals surface area (Å²) >= 11 is 0. The molecular formula is C15H22N2O2. The van der Waals surface area contributed by atoms with Crippen molar-refractivity contribution in [1.29, 1.82) is 0 Å². The van der Waals surface area contributed by atoms with Crippen LogP contribution in [0.1, 0.15) is 30.4 Å². The summed E-state index contributed by atoms with van der Waals surface area (Å²) < 4.78 is 0. The van der Waals surface area contributed by atoms with Crippen LogP contribution < -0.4 is 10.6 Å². The number of amides is 1. The van der Waals surface area contributed by atoms with E-state index < -0.39 is 0 Å². The van der Waals surface area contributed by atoms with Crippen molar-refractivity contribution in [3.63, 3.8) is 0 Å². The molecule has 2 rings (SSSR count). The summed E-state index contributed by atoms with van der Waals surface area (Å²) in [5.41, 5.74) is 2.46. The van der Waals surface area contributed by atoms with Gasteiger partial charge >= 0.3 is 0 Å². The largest absolute Gasteiger partial charge is 0.508 e. The number of aromatic hydroxyl groups is 1. The highest BCUT2D eigenvalue weighted by Gasteiger charge is 2.17. The first kappa shape index (κ1) is 13.9. The van der Waals surface area contributed by atoms with Gasteiger partial charge in [0, 0.05) is 12.1 Å². The topological polar surface area (TPSA) is 61.4 Å². The Hall–Kier alpha value is -1.55. The zero-order valence-corrected chi connectivity index (χ0v) is 11.6. The molecule has 1 amide bonds. The Labute approximate surface area is 114 Å². The van der Waals surface area contributed by atoms with E-state index in [1.165, 1.54) is 0 Å². The quantitative estimate of drug-likeness (QED) is 0.733. The molecule has 1 heterocycles. The molecule has 0 bridgehead atoms. The zero-order chi connectivity index (χ0) is 13.8. The predicted octanol–water partition coefficient (Wildman–Crippen LogP) is 2.34. The van der Waals surface area contributed by atoms with E-state index in [0.717, 1.165) is 42.7 Å². The Bertz CT molecular complexity index is 465. The van der Waals surface area contributed by atoms with E-state index in [1.54, 1.807) is 6.07 Å². The summed E-state index contributed by atoms with van der Waals surface area (Å²) in [4.78, 5) is 12.0. The van der Waals surface area contributed by atoms with Gasteiger partial charge in [-0.3, -0.25) is 4.79 Å². The number of aryl methyl sites for hydroxylation is 2. The first-order chi connectivity index (χ1) is 9.06. The first-order valence-corrected chi connectivity index (χ1v) is 6.87. The van der Waals surface area contributed by atoms with Crippen molar-refractivity contribution in [1.82, 2.24) is 5.32 Å². The maximum absolute atomic E-state index is 12.0. The number of hydrogen-bond acceptors (Lipinski definition) is 3. The molecule has 1 aromatic carbocycles. The van der Waals surface area contributed by atoms with Crippen LogP contribution in [0, 0.1) is 19.8 Å². The molecule has 1 saturated heterocycles. The lowest BCUT2D eigenvalue weighted by Gasteiger charge is -2.22. The first-order valence-electron chi connectivity index (χ1n) is 6.87. The number of phenols is 1. The van der Waals surface area contributed by atoms with Crippen LogP contribution in [0.4, 0.5) is 5.69 Å². The normalized spacial score (nSPS) is 19.2. The molecule has 1 fully saturated rings. The lowest BCUT2D eigenvalue weighted by atomic mass is 9.96. The Balaban J connectivity index is 1.96. The molecule has 4 nitrogen and oxygen atoms in total. The van der Waals surface area contributed by atoms with Gasteiger partial charge in [-0.2, -0.15) is 0 Å². The summed E-state index contributed by atoms with van der Waals surface area (Å²) in [6.07, 6.45) is 2.83. The molecule has 0 radical (unpaired) electrons. The van der Waals surface area contributed by atoms with E-state index in [-0.39, 0.29) is 11.7 Å². The molecule has 4 heteroatoms. The van der Waals surface area contributed by atoms with Gasteiger partial charge in [0.15, 0.2) is 0 Å². The van der Waals surface area contributed by atoms with Crippen LogP contribution in [-0.2, 0) is 4.79 Å². The molecule has 1 atom stereocenters. The summed E-state index contributed by atoms with van der Waals surface area (Å²) in [6.45, 7) is 5.71. The van der Waals surface area contributed by atoms with Gasteiger partial charge in [0.05, 0.1) is 0 Å². The molecule has 104 valence electrons. The summed E-state index contributed by atoms with van der Waals surface area (Å²) in [7, 11) is 0. The Morgan fingerprint density at radius 2 is 2.21 bits per heavy atom. The van der Waals surface area contributed by atoms with Crippen LogP contribution in [0.5, 0.6) is 5.75 Å². The van der Waals surface area contributed by atoms with Gasteiger partial charge in [0.25, 0.3) is 0 Å². The van der Waals surface area contributed by atoms with Crippen LogP contribution in [0.25, 0.3) is 0 Å². The summed E-state index contributed by atoms with van der Waals surface area (Å²) in [6, 6.07) is 3.51. The second-order valence-electron chi connectivity index (χ2n) is 5.42. The van der Waals surface area contributed by atoms with Crippen LogP contribution in [-0.4, -0.2) is 24.1 Å². The number of carbonyl (C=O) groups excluding carboxylic acids is 1. The van der Waals surface area contributed by atoms with Crippen molar-refractivity contribution in [2.75, 3.05) is 18.4 Å². The van der Waals surface area contributed by atoms with Gasteiger partial charge in [-0.15, -0.1) is 0 Å². The van der Waals surface area contributed by atoms with Crippen LogP contribution in [0.15, 0.2) is 12.1 Å². The van der Waals surface area contributed by atoms with Gasteiger partial charge in [-0.1, -0.05) is 0 Å². The number of anilines is 1. The van der Waals surface area contributed by atoms with E-state index in [2.05, 4.69) is 10.6 Å². The number of phenolic OH excluding ortho intramolecular Hbond substituents is 1. The van der Waals surface area contributed by atoms with Gasteiger partial charge in [0.1, 0.15) is 5.75 Å². The highest BCUT2D eigenvalue weighted by atomic mass is 16.3. The maximum atomic E-state index is 12.0. The third-order valence-corrected chi connectivity index (χ3v) is 3.69. The van der Waals surface area contributed by atoms with Crippen LogP contribution in [0.3, 0.4) is 0 Å². The average Bonchev–Trinajstić information content (AvgIpc) is 2.37. The minimum absolute atomic E-state index is 0.0573. The summed E-state index contributed by atoms with van der Waals surface area (Å²) in [5, 5.41) is 15.9. The molecule has 1 aliphatic heterocycles. The second kappa shape index (κ2) is 6.06. The van der Waals surface area contributed by atoms with E-state index in [9.17, 15) is 9.90 Å². The molecule has 0 spiro atoms. The molecule has 19 heavy (non-hydrogen) atoms. The van der Waals surface area contributed by atoms with E-state index in [0.29, 0.717) is 12.3 Å².